The molecule has 0 spiro atoms. The Morgan fingerprint density at radius 2 is 1.91 bits per heavy atom. The number of hydrogen-bond acceptors (Lipinski definition) is 6. The highest BCUT2D eigenvalue weighted by Gasteiger charge is 2.36. The van der Waals surface area contributed by atoms with Crippen molar-refractivity contribution in [2.24, 2.45) is 0 Å². The van der Waals surface area contributed by atoms with Crippen LogP contribution in [0.15, 0.2) is 6.07 Å². The van der Waals surface area contributed by atoms with E-state index >= 15 is 0 Å². The average Bonchev–Trinajstić information content (AvgIpc) is 3.21. The van der Waals surface area contributed by atoms with Crippen LogP contribution in [0, 0.1) is 0 Å². The van der Waals surface area contributed by atoms with Gasteiger partial charge in [-0.25, -0.2) is 18.4 Å². The van der Waals surface area contributed by atoms with Crippen LogP contribution in [0.3, 0.4) is 0 Å². The van der Waals surface area contributed by atoms with E-state index in [0.717, 1.165) is 12.8 Å². The molecule has 2 aliphatic rings. The summed E-state index contributed by atoms with van der Waals surface area (Å²) < 4.78 is 29.8. The van der Waals surface area contributed by atoms with Gasteiger partial charge >= 0.3 is 0 Å². The second-order valence-corrected chi connectivity index (χ2v) is 8.75. The Hall–Kier alpha value is -0.920. The molecule has 1 saturated heterocycles. The minimum atomic E-state index is -3.12. The lowest BCUT2D eigenvalue weighted by Gasteiger charge is -2.39. The van der Waals surface area contributed by atoms with E-state index in [1.165, 1.54) is 0 Å². The summed E-state index contributed by atoms with van der Waals surface area (Å²) in [5.74, 6) is 0.601. The van der Waals surface area contributed by atoms with Gasteiger partial charge in [0.2, 0.25) is 5.28 Å². The lowest BCUT2D eigenvalue weighted by atomic mass is 10.1. The predicted molar refractivity (Wildman–Crippen MR) is 84.9 cm³/mol. The third-order valence-electron chi connectivity index (χ3n) is 4.05. The molecule has 1 aromatic heterocycles. The molecule has 0 radical (unpaired) electrons. The minimum Gasteiger partial charge on any atom is -0.377 e. The molecule has 0 aromatic carbocycles. The first-order valence-electron chi connectivity index (χ1n) is 7.48. The summed E-state index contributed by atoms with van der Waals surface area (Å²) in [5.41, 5.74) is 0.466. The summed E-state index contributed by atoms with van der Waals surface area (Å²) in [5, 5.41) is -0.115. The molecule has 8 heteroatoms. The summed E-state index contributed by atoms with van der Waals surface area (Å²) in [6.07, 6.45) is 1.51. The zero-order valence-corrected chi connectivity index (χ0v) is 14.3. The number of morpholine rings is 1. The Kier molecular flexibility index (Phi) is 4.31. The first-order valence-corrected chi connectivity index (χ1v) is 9.57. The van der Waals surface area contributed by atoms with Crippen molar-refractivity contribution in [1.29, 1.82) is 0 Å². The SMILES string of the molecule is CC1COCC(C)N1c1cc(CS(=O)(=O)C2CC2)nc(Cl)n1. The lowest BCUT2D eigenvalue weighted by molar-refractivity contribution is 0.0752. The molecule has 0 amide bonds. The van der Waals surface area contributed by atoms with Crippen molar-refractivity contribution in [3.8, 4) is 0 Å². The summed E-state index contributed by atoms with van der Waals surface area (Å²) in [7, 11) is -3.12. The van der Waals surface area contributed by atoms with Crippen LogP contribution in [0.2, 0.25) is 5.28 Å². The standard InChI is InChI=1S/C14H20ClN3O3S/c1-9-6-21-7-10(2)18(9)13-5-11(16-14(15)17-13)8-22(19,20)12-3-4-12/h5,9-10,12H,3-4,6-8H2,1-2H3. The Labute approximate surface area is 135 Å². The maximum Gasteiger partial charge on any atom is 0.224 e. The number of sulfone groups is 1. The van der Waals surface area contributed by atoms with E-state index in [2.05, 4.69) is 14.9 Å². The Bertz CT molecular complexity index is 653. The Balaban J connectivity index is 1.89. The number of rotatable bonds is 4. The number of ether oxygens (including phenoxy) is 1. The summed E-state index contributed by atoms with van der Waals surface area (Å²) in [6.45, 7) is 5.32. The quantitative estimate of drug-likeness (QED) is 0.775. The van der Waals surface area contributed by atoms with Crippen LogP contribution in [0.4, 0.5) is 5.82 Å². The number of nitrogens with zero attached hydrogens (tertiary/aromatic N) is 3. The van der Waals surface area contributed by atoms with Crippen LogP contribution in [0.25, 0.3) is 0 Å². The summed E-state index contributed by atoms with van der Waals surface area (Å²) in [6, 6.07) is 2.05. The van der Waals surface area contributed by atoms with Crippen LogP contribution < -0.4 is 4.90 Å². The van der Waals surface area contributed by atoms with E-state index in [1.54, 1.807) is 6.07 Å². The summed E-state index contributed by atoms with van der Waals surface area (Å²) >= 11 is 6.01. The van der Waals surface area contributed by atoms with Crippen molar-refractivity contribution in [3.63, 3.8) is 0 Å². The predicted octanol–water partition coefficient (Wildman–Crippen LogP) is 1.82. The molecule has 0 bridgehead atoms. The van der Waals surface area contributed by atoms with Crippen molar-refractivity contribution in [3.05, 3.63) is 17.0 Å². The van der Waals surface area contributed by atoms with Gasteiger partial charge in [0.15, 0.2) is 9.84 Å². The van der Waals surface area contributed by atoms with Gasteiger partial charge < -0.3 is 9.64 Å². The molecule has 2 atom stereocenters. The fourth-order valence-electron chi connectivity index (χ4n) is 2.86. The van der Waals surface area contributed by atoms with Gasteiger partial charge in [-0.05, 0) is 38.3 Å². The normalized spacial score (nSPS) is 26.2. The first-order chi connectivity index (χ1) is 10.4. The van der Waals surface area contributed by atoms with E-state index in [9.17, 15) is 8.42 Å². The number of hydrogen-bond donors (Lipinski definition) is 0. The second kappa shape index (κ2) is 5.94. The molecule has 1 saturated carbocycles. The number of halogens is 1. The number of anilines is 1. The zero-order chi connectivity index (χ0) is 15.9. The smallest absolute Gasteiger partial charge is 0.224 e. The Morgan fingerprint density at radius 3 is 2.50 bits per heavy atom. The molecule has 1 aliphatic heterocycles. The highest BCUT2D eigenvalue weighted by Crippen LogP contribution is 2.31. The van der Waals surface area contributed by atoms with Gasteiger partial charge in [-0.1, -0.05) is 0 Å². The summed E-state index contributed by atoms with van der Waals surface area (Å²) in [4.78, 5) is 10.5. The van der Waals surface area contributed by atoms with Gasteiger partial charge in [0.05, 0.1) is 42.0 Å². The van der Waals surface area contributed by atoms with E-state index in [0.29, 0.717) is 24.7 Å². The van der Waals surface area contributed by atoms with Crippen LogP contribution >= 0.6 is 11.6 Å². The van der Waals surface area contributed by atoms with E-state index in [1.807, 2.05) is 13.8 Å². The maximum atomic E-state index is 12.2. The van der Waals surface area contributed by atoms with Crippen molar-refractivity contribution in [1.82, 2.24) is 9.97 Å². The van der Waals surface area contributed by atoms with Gasteiger partial charge in [-0.2, -0.15) is 0 Å². The monoisotopic (exact) mass is 345 g/mol. The highest BCUT2D eigenvalue weighted by molar-refractivity contribution is 7.91. The molecular formula is C14H20ClN3O3S. The molecule has 2 unspecified atom stereocenters. The molecule has 6 nitrogen and oxygen atoms in total. The second-order valence-electron chi connectivity index (χ2n) is 6.14. The van der Waals surface area contributed by atoms with Gasteiger partial charge in [0.1, 0.15) is 5.82 Å². The highest BCUT2D eigenvalue weighted by atomic mass is 35.5. The molecular weight excluding hydrogens is 326 g/mol. The van der Waals surface area contributed by atoms with E-state index in [4.69, 9.17) is 16.3 Å². The molecule has 2 heterocycles. The molecule has 1 aromatic rings. The Morgan fingerprint density at radius 1 is 1.27 bits per heavy atom. The van der Waals surface area contributed by atoms with Crippen LogP contribution in [-0.4, -0.2) is 48.9 Å². The van der Waals surface area contributed by atoms with Crippen molar-refractivity contribution in [2.45, 2.75) is 49.8 Å². The van der Waals surface area contributed by atoms with Crippen molar-refractivity contribution < 1.29 is 13.2 Å². The topological polar surface area (TPSA) is 72.4 Å². The molecule has 0 N–H and O–H groups in total. The van der Waals surface area contributed by atoms with Crippen LogP contribution in [0.5, 0.6) is 0 Å². The van der Waals surface area contributed by atoms with Gasteiger partial charge in [0.25, 0.3) is 0 Å². The lowest BCUT2D eigenvalue weighted by Crippen LogP contribution is -2.50. The fourth-order valence-corrected chi connectivity index (χ4v) is 4.71. The molecule has 1 aliphatic carbocycles. The molecule has 122 valence electrons. The van der Waals surface area contributed by atoms with Crippen LogP contribution in [-0.2, 0) is 20.3 Å². The van der Waals surface area contributed by atoms with Crippen molar-refractivity contribution >= 4 is 27.3 Å². The van der Waals surface area contributed by atoms with Crippen molar-refractivity contribution in [2.75, 3.05) is 18.1 Å². The minimum absolute atomic E-state index is 0.0694. The maximum absolute atomic E-state index is 12.2. The molecule has 22 heavy (non-hydrogen) atoms. The fraction of sp³-hybridized carbons (Fsp3) is 0.714. The van der Waals surface area contributed by atoms with Gasteiger partial charge in [0, 0.05) is 6.07 Å². The van der Waals surface area contributed by atoms with Crippen LogP contribution in [0.1, 0.15) is 32.4 Å². The largest absolute Gasteiger partial charge is 0.377 e. The molecule has 3 rings (SSSR count). The van der Waals surface area contributed by atoms with E-state index < -0.39 is 9.84 Å². The molecule has 2 fully saturated rings. The third kappa shape index (κ3) is 3.36. The van der Waals surface area contributed by atoms with E-state index in [-0.39, 0.29) is 28.4 Å². The zero-order valence-electron chi connectivity index (χ0n) is 12.7. The number of aromatic nitrogens is 2. The third-order valence-corrected chi connectivity index (χ3v) is 6.41. The van der Waals surface area contributed by atoms with Gasteiger partial charge in [-0.15, -0.1) is 0 Å². The first kappa shape index (κ1) is 16.0. The van der Waals surface area contributed by atoms with Gasteiger partial charge in [-0.3, -0.25) is 0 Å². The average molecular weight is 346 g/mol.